The van der Waals surface area contributed by atoms with Gasteiger partial charge in [-0.1, -0.05) is 0 Å². The van der Waals surface area contributed by atoms with Gasteiger partial charge in [0.25, 0.3) is 0 Å². The SMILES string of the molecule is CC(=O)[O-].O.O.O. The number of carbonyl (C=O) groups is 1. The van der Waals surface area contributed by atoms with Gasteiger partial charge >= 0.3 is 0 Å². The van der Waals surface area contributed by atoms with Gasteiger partial charge in [0.2, 0.25) is 0 Å². The maximum Gasteiger partial charge on any atom is 0.0383 e. The number of rotatable bonds is 0. The van der Waals surface area contributed by atoms with E-state index in [-0.39, 0.29) is 16.4 Å². The molecular weight excluding hydrogens is 104 g/mol. The van der Waals surface area contributed by atoms with Crippen LogP contribution in [0, 0.1) is 0 Å². The number of hydrogen-bond acceptors (Lipinski definition) is 2. The number of carboxylic acid groups (broad SMARTS) is 1. The lowest BCUT2D eigenvalue weighted by atomic mass is 10.9. The van der Waals surface area contributed by atoms with E-state index in [0.29, 0.717) is 0 Å². The normalized spacial score (nSPS) is 3.57. The van der Waals surface area contributed by atoms with Crippen molar-refractivity contribution in [3.05, 3.63) is 0 Å². The van der Waals surface area contributed by atoms with Crippen LogP contribution < -0.4 is 5.11 Å². The molecule has 7 heavy (non-hydrogen) atoms. The second-order valence-electron chi connectivity index (χ2n) is 0.492. The molecule has 0 radical (unpaired) electrons. The fourth-order valence-corrected chi connectivity index (χ4v) is 0. The van der Waals surface area contributed by atoms with Gasteiger partial charge in [0.05, 0.1) is 0 Å². The molecule has 0 aliphatic heterocycles. The smallest absolute Gasteiger partial charge is 0.0383 e. The molecule has 0 aliphatic rings. The lowest BCUT2D eigenvalue weighted by molar-refractivity contribution is -0.302. The molecule has 5 heteroatoms. The van der Waals surface area contributed by atoms with Gasteiger partial charge in [-0.15, -0.1) is 0 Å². The number of carboxylic acids is 1. The summed E-state index contributed by atoms with van der Waals surface area (Å²) in [4.78, 5) is 8.89. The highest BCUT2D eigenvalue weighted by atomic mass is 16.4. The first kappa shape index (κ1) is 32.9. The second kappa shape index (κ2) is 18.3. The molecule has 0 aromatic carbocycles. The number of hydrogen-bond donors (Lipinski definition) is 0. The van der Waals surface area contributed by atoms with Gasteiger partial charge in [0.1, 0.15) is 0 Å². The van der Waals surface area contributed by atoms with Crippen molar-refractivity contribution in [2.24, 2.45) is 0 Å². The zero-order valence-corrected chi connectivity index (χ0v) is 3.82. The summed E-state index contributed by atoms with van der Waals surface area (Å²) in [6, 6.07) is 0. The molecule has 0 aliphatic carbocycles. The van der Waals surface area contributed by atoms with Gasteiger partial charge in [0.15, 0.2) is 0 Å². The standard InChI is InChI=1S/C2H4O2.3H2O/c1-2(3)4;;;/h1H3,(H,3,4);3*1H2/p-1. The lowest BCUT2D eigenvalue weighted by Gasteiger charge is -1.77. The quantitative estimate of drug-likeness (QED) is 0.319. The zero-order chi connectivity index (χ0) is 3.58. The summed E-state index contributed by atoms with van der Waals surface area (Å²) in [7, 11) is 0. The summed E-state index contributed by atoms with van der Waals surface area (Å²) in [6.07, 6.45) is 0. The Hall–Kier alpha value is -0.650. The maximum absolute atomic E-state index is 8.89. The van der Waals surface area contributed by atoms with E-state index in [2.05, 4.69) is 0 Å². The lowest BCUT2D eigenvalue weighted by Crippen LogP contribution is -2.16. The summed E-state index contributed by atoms with van der Waals surface area (Å²) in [5.41, 5.74) is 0. The fourth-order valence-electron chi connectivity index (χ4n) is 0. The molecular formula is C2H9O5-. The molecule has 0 spiro atoms. The monoisotopic (exact) mass is 113 g/mol. The molecule has 0 saturated heterocycles. The third kappa shape index (κ3) is 142. The third-order valence-corrected chi connectivity index (χ3v) is 0. The van der Waals surface area contributed by atoms with Crippen LogP contribution in [0.25, 0.3) is 0 Å². The minimum Gasteiger partial charge on any atom is -0.550 e. The van der Waals surface area contributed by atoms with Gasteiger partial charge in [-0.2, -0.15) is 0 Å². The molecule has 0 unspecified atom stereocenters. The van der Waals surface area contributed by atoms with E-state index < -0.39 is 5.97 Å². The molecule has 0 aromatic heterocycles. The van der Waals surface area contributed by atoms with Gasteiger partial charge < -0.3 is 26.3 Å². The largest absolute Gasteiger partial charge is 0.550 e. The summed E-state index contributed by atoms with van der Waals surface area (Å²) in [6.45, 7) is 0.972. The minimum atomic E-state index is -1.08. The molecule has 0 amide bonds. The van der Waals surface area contributed by atoms with Crippen LogP contribution in [0.15, 0.2) is 0 Å². The Bertz CT molecular complexity index is 29.1. The molecule has 5 nitrogen and oxygen atoms in total. The first-order chi connectivity index (χ1) is 1.73. The van der Waals surface area contributed by atoms with Crippen molar-refractivity contribution in [1.29, 1.82) is 0 Å². The van der Waals surface area contributed by atoms with Crippen molar-refractivity contribution in [3.63, 3.8) is 0 Å². The van der Waals surface area contributed by atoms with E-state index in [4.69, 9.17) is 9.90 Å². The van der Waals surface area contributed by atoms with Crippen LogP contribution in [0.2, 0.25) is 0 Å². The van der Waals surface area contributed by atoms with E-state index in [9.17, 15) is 0 Å². The van der Waals surface area contributed by atoms with Gasteiger partial charge in [-0.3, -0.25) is 0 Å². The van der Waals surface area contributed by atoms with E-state index in [0.717, 1.165) is 6.92 Å². The first-order valence-corrected chi connectivity index (χ1v) is 0.908. The molecule has 0 aromatic rings. The van der Waals surface area contributed by atoms with Crippen molar-refractivity contribution in [2.45, 2.75) is 6.92 Å². The number of carbonyl (C=O) groups excluding carboxylic acids is 1. The molecule has 0 heterocycles. The van der Waals surface area contributed by atoms with Crippen LogP contribution in [-0.2, 0) is 4.79 Å². The Labute approximate surface area is 40.5 Å². The molecule has 0 bridgehead atoms. The van der Waals surface area contributed by atoms with Crippen LogP contribution in [0.5, 0.6) is 0 Å². The molecule has 0 fully saturated rings. The second-order valence-corrected chi connectivity index (χ2v) is 0.492. The highest BCUT2D eigenvalue weighted by molar-refractivity contribution is 5.60. The summed E-state index contributed by atoms with van der Waals surface area (Å²) >= 11 is 0. The zero-order valence-electron chi connectivity index (χ0n) is 3.82. The Morgan fingerprint density at radius 3 is 1.29 bits per heavy atom. The van der Waals surface area contributed by atoms with Crippen LogP contribution in [0.3, 0.4) is 0 Å². The summed E-state index contributed by atoms with van der Waals surface area (Å²) < 4.78 is 0. The average Bonchev–Trinajstić information content (AvgIpc) is 0.811. The van der Waals surface area contributed by atoms with Crippen LogP contribution in [0.1, 0.15) is 6.92 Å². The predicted octanol–water partition coefficient (Wildman–Crippen LogP) is -3.72. The van der Waals surface area contributed by atoms with Crippen molar-refractivity contribution in [2.75, 3.05) is 0 Å². The van der Waals surface area contributed by atoms with E-state index in [1.54, 1.807) is 0 Å². The van der Waals surface area contributed by atoms with Crippen molar-refractivity contribution in [3.8, 4) is 0 Å². The minimum absolute atomic E-state index is 0. The molecule has 0 saturated carbocycles. The van der Waals surface area contributed by atoms with Crippen molar-refractivity contribution < 1.29 is 26.3 Å². The van der Waals surface area contributed by atoms with Crippen LogP contribution in [0.4, 0.5) is 0 Å². The van der Waals surface area contributed by atoms with E-state index >= 15 is 0 Å². The van der Waals surface area contributed by atoms with Crippen molar-refractivity contribution >= 4 is 5.97 Å². The number of aliphatic carboxylic acids is 1. The maximum atomic E-state index is 8.89. The highest BCUT2D eigenvalue weighted by Gasteiger charge is 1.46. The predicted molar refractivity (Wildman–Crippen MR) is 21.5 cm³/mol. The molecule has 6 N–H and O–H groups in total. The Morgan fingerprint density at radius 2 is 1.29 bits per heavy atom. The summed E-state index contributed by atoms with van der Waals surface area (Å²) in [5, 5.41) is 8.89. The Morgan fingerprint density at radius 1 is 1.29 bits per heavy atom. The summed E-state index contributed by atoms with van der Waals surface area (Å²) in [5.74, 6) is -1.08. The van der Waals surface area contributed by atoms with Crippen molar-refractivity contribution in [1.82, 2.24) is 0 Å². The molecule has 48 valence electrons. The topological polar surface area (TPSA) is 135 Å². The Kier molecular flexibility index (Phi) is 86.2. The molecule has 0 rings (SSSR count). The fraction of sp³-hybridized carbons (Fsp3) is 0.500. The average molecular weight is 113 g/mol. The third-order valence-electron chi connectivity index (χ3n) is 0. The van der Waals surface area contributed by atoms with Crippen LogP contribution in [-0.4, -0.2) is 22.4 Å². The molecule has 0 atom stereocenters. The Balaban J connectivity index is -0.0000000150. The van der Waals surface area contributed by atoms with E-state index in [1.165, 1.54) is 0 Å². The first-order valence-electron chi connectivity index (χ1n) is 0.908. The van der Waals surface area contributed by atoms with E-state index in [1.807, 2.05) is 0 Å². The van der Waals surface area contributed by atoms with Crippen LogP contribution >= 0.6 is 0 Å². The highest BCUT2D eigenvalue weighted by Crippen LogP contribution is 1.31. The van der Waals surface area contributed by atoms with Gasteiger partial charge in [0, 0.05) is 5.97 Å². The van der Waals surface area contributed by atoms with Gasteiger partial charge in [-0.05, 0) is 6.92 Å². The van der Waals surface area contributed by atoms with Gasteiger partial charge in [-0.25, -0.2) is 0 Å².